The Hall–Kier alpha value is -2.90. The molecule has 1 heterocycles. The van der Waals surface area contributed by atoms with E-state index >= 15 is 0 Å². The van der Waals surface area contributed by atoms with Crippen LogP contribution in [0.1, 0.15) is 31.2 Å². The van der Waals surface area contributed by atoms with Gasteiger partial charge in [-0.3, -0.25) is 14.4 Å². The van der Waals surface area contributed by atoms with Crippen LogP contribution < -0.4 is 5.32 Å². The summed E-state index contributed by atoms with van der Waals surface area (Å²) in [5, 5.41) is 11.9. The molecule has 1 aromatic carbocycles. The van der Waals surface area contributed by atoms with E-state index in [1.807, 2.05) is 30.3 Å². The zero-order valence-electron chi connectivity index (χ0n) is 14.8. The zero-order chi connectivity index (χ0) is 19.4. The lowest BCUT2D eigenvalue weighted by Crippen LogP contribution is -2.50. The normalized spacial score (nSPS) is 25.3. The fourth-order valence-corrected chi connectivity index (χ4v) is 3.69. The summed E-state index contributed by atoms with van der Waals surface area (Å²) < 4.78 is 5.13. The van der Waals surface area contributed by atoms with E-state index in [2.05, 4.69) is 5.32 Å². The van der Waals surface area contributed by atoms with E-state index in [9.17, 15) is 24.3 Å². The molecule has 3 atom stereocenters. The van der Waals surface area contributed by atoms with Crippen molar-refractivity contribution >= 4 is 23.8 Å². The Balaban J connectivity index is 1.55. The van der Waals surface area contributed by atoms with Gasteiger partial charge in [-0.25, -0.2) is 4.79 Å². The molecule has 0 bridgehead atoms. The second-order valence-electron chi connectivity index (χ2n) is 6.87. The average Bonchev–Trinajstić information content (AvgIpc) is 3.01. The molecule has 1 aliphatic carbocycles. The highest BCUT2D eigenvalue weighted by Gasteiger charge is 2.44. The number of aliphatic carboxylic acids is 1. The van der Waals surface area contributed by atoms with Crippen LogP contribution >= 0.6 is 0 Å². The lowest BCUT2D eigenvalue weighted by atomic mass is 9.83. The van der Waals surface area contributed by atoms with Crippen molar-refractivity contribution in [2.45, 2.75) is 44.4 Å². The molecular weight excluding hydrogens is 352 g/mol. The number of benzene rings is 1. The Morgan fingerprint density at radius 1 is 1.19 bits per heavy atom. The fourth-order valence-electron chi connectivity index (χ4n) is 3.69. The summed E-state index contributed by atoms with van der Waals surface area (Å²) in [5.74, 6) is -2.37. The number of Topliss-reactive ketones (excluding diaryl/α,β-unsaturated/α-hetero) is 1. The van der Waals surface area contributed by atoms with Gasteiger partial charge in [0.1, 0.15) is 18.4 Å². The van der Waals surface area contributed by atoms with E-state index in [0.717, 1.165) is 5.56 Å². The third-order valence-corrected chi connectivity index (χ3v) is 5.09. The van der Waals surface area contributed by atoms with Crippen LogP contribution in [-0.2, 0) is 25.7 Å². The summed E-state index contributed by atoms with van der Waals surface area (Å²) in [5.41, 5.74) is 0.836. The van der Waals surface area contributed by atoms with Gasteiger partial charge in [0.05, 0.1) is 5.92 Å². The summed E-state index contributed by atoms with van der Waals surface area (Å²) in [7, 11) is 0. The summed E-state index contributed by atoms with van der Waals surface area (Å²) in [6.45, 7) is 0.453. The van der Waals surface area contributed by atoms with Gasteiger partial charge in [-0.2, -0.15) is 0 Å². The van der Waals surface area contributed by atoms with Crippen LogP contribution in [0.5, 0.6) is 0 Å². The molecule has 0 spiro atoms. The minimum absolute atomic E-state index is 0.0546. The molecule has 1 saturated heterocycles. The first-order chi connectivity index (χ1) is 13.0. The van der Waals surface area contributed by atoms with Gasteiger partial charge in [-0.1, -0.05) is 30.3 Å². The highest BCUT2D eigenvalue weighted by atomic mass is 16.5. The molecule has 0 aromatic heterocycles. The molecule has 0 unspecified atom stereocenters. The van der Waals surface area contributed by atoms with Gasteiger partial charge in [0.15, 0.2) is 0 Å². The van der Waals surface area contributed by atoms with E-state index in [1.54, 1.807) is 0 Å². The number of carboxylic acid groups (broad SMARTS) is 1. The molecule has 144 valence electrons. The molecule has 2 N–H and O–H groups in total. The number of nitrogens with zero attached hydrogens (tertiary/aromatic N) is 1. The van der Waals surface area contributed by atoms with Crippen LogP contribution in [-0.4, -0.2) is 52.4 Å². The molecule has 2 fully saturated rings. The summed E-state index contributed by atoms with van der Waals surface area (Å²) >= 11 is 0. The van der Waals surface area contributed by atoms with Gasteiger partial charge >= 0.3 is 12.1 Å². The maximum absolute atomic E-state index is 12.6. The molecule has 2 aliphatic rings. The lowest BCUT2D eigenvalue weighted by molar-refractivity contribution is -0.150. The van der Waals surface area contributed by atoms with Crippen molar-refractivity contribution in [3.8, 4) is 0 Å². The SMILES string of the molecule is O=C1CC[C@H](N2CC[C@H](NC(=O)OCc3ccccc3)C2=O)[C@H](C(=O)O)C1. The highest BCUT2D eigenvalue weighted by Crippen LogP contribution is 2.30. The molecule has 27 heavy (non-hydrogen) atoms. The highest BCUT2D eigenvalue weighted by molar-refractivity contribution is 5.90. The van der Waals surface area contributed by atoms with Crippen molar-refractivity contribution in [2.24, 2.45) is 5.92 Å². The molecule has 1 saturated carbocycles. The molecule has 2 amide bonds. The van der Waals surface area contributed by atoms with Crippen LogP contribution in [0.15, 0.2) is 30.3 Å². The number of carboxylic acids is 1. The first kappa shape index (κ1) is 18.9. The smallest absolute Gasteiger partial charge is 0.408 e. The standard InChI is InChI=1S/C19H22N2O6/c22-13-6-7-16(14(10-13)18(24)25)21-9-8-15(17(21)23)20-19(26)27-11-12-4-2-1-3-5-12/h1-5,14-16H,6-11H2,(H,20,26)(H,24,25)/t14-,15+,16+/m1/s1. The summed E-state index contributed by atoms with van der Waals surface area (Å²) in [6, 6.07) is 7.93. The van der Waals surface area contributed by atoms with Crippen LogP contribution in [0, 0.1) is 5.92 Å². The fraction of sp³-hybridized carbons (Fsp3) is 0.474. The van der Waals surface area contributed by atoms with E-state index in [4.69, 9.17) is 4.74 Å². The zero-order valence-corrected chi connectivity index (χ0v) is 14.8. The van der Waals surface area contributed by atoms with Crippen molar-refractivity contribution in [2.75, 3.05) is 6.54 Å². The van der Waals surface area contributed by atoms with Gasteiger partial charge < -0.3 is 20.1 Å². The van der Waals surface area contributed by atoms with Gasteiger partial charge in [-0.05, 0) is 18.4 Å². The predicted molar refractivity (Wildman–Crippen MR) is 93.7 cm³/mol. The Morgan fingerprint density at radius 2 is 1.93 bits per heavy atom. The number of carbonyl (C=O) groups excluding carboxylic acids is 3. The Labute approximate surface area is 156 Å². The number of amides is 2. The number of ether oxygens (including phenoxy) is 1. The first-order valence-electron chi connectivity index (χ1n) is 8.98. The van der Waals surface area contributed by atoms with Crippen LogP contribution in [0.3, 0.4) is 0 Å². The quantitative estimate of drug-likeness (QED) is 0.804. The maximum atomic E-state index is 12.6. The largest absolute Gasteiger partial charge is 0.481 e. The van der Waals surface area contributed by atoms with E-state index in [0.29, 0.717) is 19.4 Å². The number of likely N-dealkylation sites (tertiary alicyclic amines) is 1. The molecular formula is C19H22N2O6. The number of carbonyl (C=O) groups is 4. The third-order valence-electron chi connectivity index (χ3n) is 5.09. The van der Waals surface area contributed by atoms with E-state index in [-0.39, 0.29) is 31.1 Å². The monoisotopic (exact) mass is 374 g/mol. The number of hydrogen-bond acceptors (Lipinski definition) is 5. The molecule has 8 nitrogen and oxygen atoms in total. The number of alkyl carbamates (subject to hydrolysis) is 1. The molecule has 8 heteroatoms. The maximum Gasteiger partial charge on any atom is 0.408 e. The average molecular weight is 374 g/mol. The summed E-state index contributed by atoms with van der Waals surface area (Å²) in [6.07, 6.45) is 0.256. The molecule has 1 aliphatic heterocycles. The van der Waals surface area contributed by atoms with Crippen LogP contribution in [0.2, 0.25) is 0 Å². The molecule has 3 rings (SSSR count). The van der Waals surface area contributed by atoms with Gasteiger partial charge in [0.25, 0.3) is 0 Å². The minimum atomic E-state index is -1.07. The lowest BCUT2D eigenvalue weighted by Gasteiger charge is -2.35. The second kappa shape index (κ2) is 8.20. The number of hydrogen-bond donors (Lipinski definition) is 2. The summed E-state index contributed by atoms with van der Waals surface area (Å²) in [4.78, 5) is 49.2. The van der Waals surface area contributed by atoms with Crippen LogP contribution in [0.25, 0.3) is 0 Å². The first-order valence-corrected chi connectivity index (χ1v) is 8.98. The van der Waals surface area contributed by atoms with Crippen molar-refractivity contribution in [3.05, 3.63) is 35.9 Å². The van der Waals surface area contributed by atoms with Gasteiger partial charge in [0.2, 0.25) is 5.91 Å². The minimum Gasteiger partial charge on any atom is -0.481 e. The van der Waals surface area contributed by atoms with Crippen molar-refractivity contribution in [3.63, 3.8) is 0 Å². The topological polar surface area (TPSA) is 113 Å². The Kier molecular flexibility index (Phi) is 5.73. The number of rotatable bonds is 5. The van der Waals surface area contributed by atoms with E-state index in [1.165, 1.54) is 4.90 Å². The van der Waals surface area contributed by atoms with Gasteiger partial charge in [0, 0.05) is 25.4 Å². The third kappa shape index (κ3) is 4.45. The molecule has 0 radical (unpaired) electrons. The Morgan fingerprint density at radius 3 is 2.63 bits per heavy atom. The van der Waals surface area contributed by atoms with E-state index < -0.39 is 30.1 Å². The van der Waals surface area contributed by atoms with Crippen molar-refractivity contribution in [1.29, 1.82) is 0 Å². The van der Waals surface area contributed by atoms with Crippen molar-refractivity contribution < 1.29 is 29.0 Å². The van der Waals surface area contributed by atoms with Gasteiger partial charge in [-0.15, -0.1) is 0 Å². The van der Waals surface area contributed by atoms with Crippen LogP contribution in [0.4, 0.5) is 4.79 Å². The second-order valence-corrected chi connectivity index (χ2v) is 6.87. The number of ketones is 1. The Bertz CT molecular complexity index is 735. The number of nitrogens with one attached hydrogen (secondary N) is 1. The van der Waals surface area contributed by atoms with Crippen molar-refractivity contribution in [1.82, 2.24) is 10.2 Å². The predicted octanol–water partition coefficient (Wildman–Crippen LogP) is 1.34. The molecule has 1 aromatic rings.